The fraction of sp³-hybridized carbons (Fsp3) is 0.375. The van der Waals surface area contributed by atoms with E-state index in [1.54, 1.807) is 18.2 Å². The van der Waals surface area contributed by atoms with Crippen molar-refractivity contribution in [3.05, 3.63) is 41.0 Å². The number of hydrogen-bond donors (Lipinski definition) is 2. The van der Waals surface area contributed by atoms with Crippen molar-refractivity contribution >= 4 is 18.0 Å². The number of carbonyl (C=O) groups is 2. The van der Waals surface area contributed by atoms with Crippen molar-refractivity contribution < 1.29 is 14.7 Å². The maximum absolute atomic E-state index is 12.1. The lowest BCUT2D eigenvalue weighted by molar-refractivity contribution is -0.131. The largest absolute Gasteiger partial charge is 0.478 e. The molecule has 4 heteroatoms. The lowest BCUT2D eigenvalue weighted by atomic mass is 10.0. The van der Waals surface area contributed by atoms with Crippen molar-refractivity contribution in [2.75, 3.05) is 6.54 Å². The molecule has 108 valence electrons. The van der Waals surface area contributed by atoms with Crippen LogP contribution in [0, 0.1) is 12.8 Å². The minimum Gasteiger partial charge on any atom is -0.478 e. The van der Waals surface area contributed by atoms with Gasteiger partial charge in [0, 0.05) is 18.2 Å². The second kappa shape index (κ2) is 7.48. The molecule has 0 aliphatic rings. The molecule has 20 heavy (non-hydrogen) atoms. The van der Waals surface area contributed by atoms with Crippen molar-refractivity contribution in [2.24, 2.45) is 5.92 Å². The molecule has 1 aromatic rings. The third-order valence-corrected chi connectivity index (χ3v) is 3.03. The summed E-state index contributed by atoms with van der Waals surface area (Å²) in [5, 5.41) is 11.5. The summed E-state index contributed by atoms with van der Waals surface area (Å²) in [4.78, 5) is 22.6. The molecule has 0 saturated carbocycles. The minimum atomic E-state index is -1.00. The van der Waals surface area contributed by atoms with Gasteiger partial charge in [0.05, 0.1) is 0 Å². The Morgan fingerprint density at radius 2 is 2.05 bits per heavy atom. The summed E-state index contributed by atoms with van der Waals surface area (Å²) in [5.74, 6) is -0.578. The van der Waals surface area contributed by atoms with Gasteiger partial charge >= 0.3 is 5.97 Å². The number of nitrogens with one attached hydrogen (secondary N) is 1. The zero-order valence-corrected chi connectivity index (χ0v) is 12.1. The van der Waals surface area contributed by atoms with E-state index in [-0.39, 0.29) is 5.91 Å². The van der Waals surface area contributed by atoms with E-state index in [2.05, 4.69) is 19.2 Å². The molecule has 0 heterocycles. The number of hydrogen-bond acceptors (Lipinski definition) is 2. The fourth-order valence-corrected chi connectivity index (χ4v) is 1.81. The molecule has 0 bridgehead atoms. The first-order valence-corrected chi connectivity index (χ1v) is 6.70. The van der Waals surface area contributed by atoms with Crippen LogP contribution < -0.4 is 5.32 Å². The third-order valence-electron chi connectivity index (χ3n) is 3.03. The zero-order valence-electron chi connectivity index (χ0n) is 12.1. The second-order valence-electron chi connectivity index (χ2n) is 5.13. The first-order chi connectivity index (χ1) is 9.41. The number of carboxylic acid groups (broad SMARTS) is 1. The molecule has 1 rings (SSSR count). The van der Waals surface area contributed by atoms with Crippen LogP contribution in [0.15, 0.2) is 24.3 Å². The Bertz CT molecular complexity index is 518. The Morgan fingerprint density at radius 3 is 2.65 bits per heavy atom. The number of carbonyl (C=O) groups excluding carboxylic acids is 1. The Morgan fingerprint density at radius 1 is 1.35 bits per heavy atom. The van der Waals surface area contributed by atoms with Crippen LogP contribution >= 0.6 is 0 Å². The van der Waals surface area contributed by atoms with Crippen LogP contribution in [0.1, 0.15) is 41.8 Å². The molecule has 0 spiro atoms. The van der Waals surface area contributed by atoms with Gasteiger partial charge in [-0.15, -0.1) is 0 Å². The zero-order chi connectivity index (χ0) is 15.1. The summed E-state index contributed by atoms with van der Waals surface area (Å²) < 4.78 is 0. The van der Waals surface area contributed by atoms with Crippen LogP contribution in [0.5, 0.6) is 0 Å². The number of rotatable bonds is 6. The van der Waals surface area contributed by atoms with E-state index in [0.29, 0.717) is 18.0 Å². The molecule has 0 atom stereocenters. The van der Waals surface area contributed by atoms with Gasteiger partial charge in [0.25, 0.3) is 5.91 Å². The molecule has 0 unspecified atom stereocenters. The number of amides is 1. The SMILES string of the molecule is Cc1c(C=CC(=O)O)cccc1C(=O)NCCC(C)C. The van der Waals surface area contributed by atoms with Crippen molar-refractivity contribution in [3.63, 3.8) is 0 Å². The highest BCUT2D eigenvalue weighted by Gasteiger charge is 2.10. The summed E-state index contributed by atoms with van der Waals surface area (Å²) in [6.45, 7) is 6.67. The van der Waals surface area contributed by atoms with E-state index in [1.165, 1.54) is 6.08 Å². The van der Waals surface area contributed by atoms with Gasteiger partial charge < -0.3 is 10.4 Å². The normalized spacial score (nSPS) is 11.0. The smallest absolute Gasteiger partial charge is 0.328 e. The number of benzene rings is 1. The van der Waals surface area contributed by atoms with Gasteiger partial charge in [-0.2, -0.15) is 0 Å². The molecule has 4 nitrogen and oxygen atoms in total. The molecule has 0 fully saturated rings. The van der Waals surface area contributed by atoms with Gasteiger partial charge in [-0.1, -0.05) is 26.0 Å². The van der Waals surface area contributed by atoms with Crippen LogP contribution in [0.2, 0.25) is 0 Å². The van der Waals surface area contributed by atoms with Gasteiger partial charge in [-0.3, -0.25) is 4.79 Å². The molecule has 1 amide bonds. The van der Waals surface area contributed by atoms with Crippen LogP contribution in [-0.2, 0) is 4.79 Å². The van der Waals surface area contributed by atoms with Crippen molar-refractivity contribution in [1.82, 2.24) is 5.32 Å². The Hall–Kier alpha value is -2.10. The predicted molar refractivity (Wildman–Crippen MR) is 79.6 cm³/mol. The van der Waals surface area contributed by atoms with Gasteiger partial charge in [-0.25, -0.2) is 4.79 Å². The van der Waals surface area contributed by atoms with E-state index >= 15 is 0 Å². The molecule has 2 N–H and O–H groups in total. The van der Waals surface area contributed by atoms with Crippen molar-refractivity contribution in [1.29, 1.82) is 0 Å². The lowest BCUT2D eigenvalue weighted by Crippen LogP contribution is -2.26. The quantitative estimate of drug-likeness (QED) is 0.784. The highest BCUT2D eigenvalue weighted by molar-refractivity contribution is 5.97. The summed E-state index contributed by atoms with van der Waals surface area (Å²) in [5.41, 5.74) is 2.11. The molecule has 0 aliphatic carbocycles. The van der Waals surface area contributed by atoms with Crippen LogP contribution in [0.25, 0.3) is 6.08 Å². The average Bonchev–Trinajstić information content (AvgIpc) is 2.36. The maximum atomic E-state index is 12.1. The highest BCUT2D eigenvalue weighted by atomic mass is 16.4. The predicted octanol–water partition coefficient (Wildman–Crippen LogP) is 2.87. The summed E-state index contributed by atoms with van der Waals surface area (Å²) in [6.07, 6.45) is 3.51. The number of aliphatic carboxylic acids is 1. The van der Waals surface area contributed by atoms with Gasteiger partial charge in [-0.05, 0) is 42.5 Å². The standard InChI is InChI=1S/C16H21NO3/c1-11(2)9-10-17-16(20)14-6-4-5-13(12(14)3)7-8-15(18)19/h4-8,11H,9-10H2,1-3H3,(H,17,20)(H,18,19). The number of carboxylic acids is 1. The third kappa shape index (κ3) is 4.88. The van der Waals surface area contributed by atoms with E-state index in [0.717, 1.165) is 23.6 Å². The first-order valence-electron chi connectivity index (χ1n) is 6.70. The summed E-state index contributed by atoms with van der Waals surface area (Å²) >= 11 is 0. The van der Waals surface area contributed by atoms with Gasteiger partial charge in [0.1, 0.15) is 0 Å². The summed E-state index contributed by atoms with van der Waals surface area (Å²) in [6, 6.07) is 5.30. The first kappa shape index (κ1) is 16.0. The van der Waals surface area contributed by atoms with Crippen molar-refractivity contribution in [3.8, 4) is 0 Å². The van der Waals surface area contributed by atoms with E-state index < -0.39 is 5.97 Å². The Labute approximate surface area is 119 Å². The molecule has 1 aromatic carbocycles. The molecule has 0 aromatic heterocycles. The topological polar surface area (TPSA) is 66.4 Å². The van der Waals surface area contributed by atoms with E-state index in [9.17, 15) is 9.59 Å². The molecular weight excluding hydrogens is 254 g/mol. The Balaban J connectivity index is 2.82. The minimum absolute atomic E-state index is 0.117. The maximum Gasteiger partial charge on any atom is 0.328 e. The fourth-order valence-electron chi connectivity index (χ4n) is 1.81. The Kier molecular flexibility index (Phi) is 5.97. The molecular formula is C16H21NO3. The van der Waals surface area contributed by atoms with Crippen LogP contribution in [-0.4, -0.2) is 23.5 Å². The van der Waals surface area contributed by atoms with Gasteiger partial charge in [0.15, 0.2) is 0 Å². The second-order valence-corrected chi connectivity index (χ2v) is 5.13. The van der Waals surface area contributed by atoms with Crippen LogP contribution in [0.3, 0.4) is 0 Å². The van der Waals surface area contributed by atoms with Crippen molar-refractivity contribution in [2.45, 2.75) is 27.2 Å². The monoisotopic (exact) mass is 275 g/mol. The molecule has 0 radical (unpaired) electrons. The average molecular weight is 275 g/mol. The lowest BCUT2D eigenvalue weighted by Gasteiger charge is -2.10. The molecule has 0 saturated heterocycles. The van der Waals surface area contributed by atoms with E-state index in [1.807, 2.05) is 6.92 Å². The van der Waals surface area contributed by atoms with E-state index in [4.69, 9.17) is 5.11 Å². The van der Waals surface area contributed by atoms with Crippen LogP contribution in [0.4, 0.5) is 0 Å². The highest BCUT2D eigenvalue weighted by Crippen LogP contribution is 2.15. The summed E-state index contributed by atoms with van der Waals surface area (Å²) in [7, 11) is 0. The molecule has 0 aliphatic heterocycles. The van der Waals surface area contributed by atoms with Gasteiger partial charge in [0.2, 0.25) is 0 Å².